The fraction of sp³-hybridized carbons (Fsp3) is 0.571. The van der Waals surface area contributed by atoms with Crippen LogP contribution in [0.5, 0.6) is 11.5 Å². The average Bonchev–Trinajstić information content (AvgIpc) is 2.72. The largest absolute Gasteiger partial charge is 0.493 e. The van der Waals surface area contributed by atoms with Gasteiger partial charge in [0.1, 0.15) is 5.58 Å². The van der Waals surface area contributed by atoms with E-state index in [2.05, 4.69) is 9.80 Å². The van der Waals surface area contributed by atoms with E-state index in [0.29, 0.717) is 23.6 Å². The zero-order chi connectivity index (χ0) is 18.8. The van der Waals surface area contributed by atoms with Crippen LogP contribution in [0, 0.1) is 0 Å². The summed E-state index contributed by atoms with van der Waals surface area (Å²) in [6.45, 7) is 6.13. The van der Waals surface area contributed by atoms with Gasteiger partial charge in [-0.05, 0) is 44.0 Å². The van der Waals surface area contributed by atoms with Gasteiger partial charge in [0.05, 0.1) is 19.8 Å². The number of piperidine rings is 1. The summed E-state index contributed by atoms with van der Waals surface area (Å²) in [5, 5.41) is 0.956. The molecule has 3 heterocycles. The van der Waals surface area contributed by atoms with Crippen molar-refractivity contribution >= 4 is 11.0 Å². The van der Waals surface area contributed by atoms with Gasteiger partial charge in [-0.25, -0.2) is 4.79 Å². The molecular formula is C21H28N2O4. The Bertz CT molecular complexity index is 871. The molecule has 2 aliphatic heterocycles. The Balaban J connectivity index is 1.57. The second kappa shape index (κ2) is 7.90. The van der Waals surface area contributed by atoms with Crippen molar-refractivity contribution in [1.82, 2.24) is 9.80 Å². The maximum atomic E-state index is 12.6. The number of likely N-dealkylation sites (tertiary alicyclic amines) is 1. The molecule has 6 heteroatoms. The Morgan fingerprint density at radius 1 is 0.926 bits per heavy atom. The number of benzene rings is 1. The second-order valence-corrected chi connectivity index (χ2v) is 7.48. The van der Waals surface area contributed by atoms with E-state index >= 15 is 0 Å². The maximum absolute atomic E-state index is 12.6. The number of hydrogen-bond donors (Lipinski definition) is 0. The van der Waals surface area contributed by atoms with Crippen LogP contribution in [0.3, 0.4) is 0 Å². The Hall–Kier alpha value is -2.05. The quantitative estimate of drug-likeness (QED) is 0.752. The summed E-state index contributed by atoms with van der Waals surface area (Å²) < 4.78 is 16.4. The third-order valence-corrected chi connectivity index (χ3v) is 5.87. The molecule has 4 rings (SSSR count). The van der Waals surface area contributed by atoms with Crippen molar-refractivity contribution in [2.45, 2.75) is 32.2 Å². The van der Waals surface area contributed by atoms with E-state index in [1.807, 2.05) is 6.07 Å². The highest BCUT2D eigenvalue weighted by Gasteiger charge is 2.24. The molecule has 0 bridgehead atoms. The smallest absolute Gasteiger partial charge is 0.341 e. The molecule has 0 atom stereocenters. The van der Waals surface area contributed by atoms with E-state index in [1.54, 1.807) is 20.3 Å². The minimum absolute atomic E-state index is 0.229. The summed E-state index contributed by atoms with van der Waals surface area (Å²) in [7, 11) is 3.21. The molecule has 1 aromatic carbocycles. The second-order valence-electron chi connectivity index (χ2n) is 7.48. The fourth-order valence-corrected chi connectivity index (χ4v) is 4.30. The topological polar surface area (TPSA) is 55.2 Å². The summed E-state index contributed by atoms with van der Waals surface area (Å²) in [6.07, 6.45) is 4.83. The molecule has 1 fully saturated rings. The van der Waals surface area contributed by atoms with Crippen molar-refractivity contribution in [2.24, 2.45) is 0 Å². The van der Waals surface area contributed by atoms with E-state index in [9.17, 15) is 4.79 Å². The van der Waals surface area contributed by atoms with Crippen LogP contribution in [-0.4, -0.2) is 56.7 Å². The maximum Gasteiger partial charge on any atom is 0.341 e. The van der Waals surface area contributed by atoms with Gasteiger partial charge < -0.3 is 18.8 Å². The van der Waals surface area contributed by atoms with Gasteiger partial charge in [-0.3, -0.25) is 4.90 Å². The molecule has 0 N–H and O–H groups in total. The van der Waals surface area contributed by atoms with E-state index in [-0.39, 0.29) is 5.63 Å². The third kappa shape index (κ3) is 3.69. The molecule has 1 saturated heterocycles. The zero-order valence-electron chi connectivity index (χ0n) is 16.3. The van der Waals surface area contributed by atoms with Crippen molar-refractivity contribution < 1.29 is 13.9 Å². The van der Waals surface area contributed by atoms with Crippen LogP contribution in [0.4, 0.5) is 0 Å². The number of fused-ring (bicyclic) bond motifs is 3. The van der Waals surface area contributed by atoms with E-state index in [0.717, 1.165) is 42.6 Å². The molecule has 27 heavy (non-hydrogen) atoms. The van der Waals surface area contributed by atoms with Gasteiger partial charge >= 0.3 is 5.63 Å². The minimum Gasteiger partial charge on any atom is -0.493 e. The van der Waals surface area contributed by atoms with Gasteiger partial charge in [0.2, 0.25) is 0 Å². The van der Waals surface area contributed by atoms with Gasteiger partial charge in [-0.15, -0.1) is 0 Å². The Labute approximate surface area is 159 Å². The van der Waals surface area contributed by atoms with Crippen LogP contribution in [-0.2, 0) is 13.0 Å². The Morgan fingerprint density at radius 3 is 2.37 bits per heavy atom. The summed E-state index contributed by atoms with van der Waals surface area (Å²) in [6, 6.07) is 3.68. The van der Waals surface area contributed by atoms with Gasteiger partial charge in [-0.2, -0.15) is 0 Å². The molecule has 6 nitrogen and oxygen atoms in total. The lowest BCUT2D eigenvalue weighted by atomic mass is 9.97. The van der Waals surface area contributed by atoms with Crippen LogP contribution < -0.4 is 15.1 Å². The first-order valence-corrected chi connectivity index (χ1v) is 9.85. The number of rotatable bonds is 5. The van der Waals surface area contributed by atoms with Crippen molar-refractivity contribution in [3.05, 3.63) is 33.7 Å². The van der Waals surface area contributed by atoms with Crippen molar-refractivity contribution in [2.75, 3.05) is 46.9 Å². The van der Waals surface area contributed by atoms with E-state index in [4.69, 9.17) is 13.9 Å². The molecule has 0 amide bonds. The van der Waals surface area contributed by atoms with E-state index in [1.165, 1.54) is 32.4 Å². The first-order valence-electron chi connectivity index (χ1n) is 9.85. The lowest BCUT2D eigenvalue weighted by Gasteiger charge is -2.32. The SMILES string of the molecule is COc1cc2oc(=O)c3c(c2cc1OC)CCN(CCN1CCCCC1)C3. The monoisotopic (exact) mass is 372 g/mol. The summed E-state index contributed by atoms with van der Waals surface area (Å²) >= 11 is 0. The standard InChI is InChI=1S/C21H28N2O4/c1-25-19-12-16-15-6-9-23(11-10-22-7-4-3-5-8-22)14-17(15)21(24)27-18(16)13-20(19)26-2/h12-13H,3-11,14H2,1-2H3. The van der Waals surface area contributed by atoms with E-state index < -0.39 is 0 Å². The highest BCUT2D eigenvalue weighted by molar-refractivity contribution is 5.85. The highest BCUT2D eigenvalue weighted by Crippen LogP contribution is 2.35. The van der Waals surface area contributed by atoms with Gasteiger partial charge in [-0.1, -0.05) is 6.42 Å². The number of ether oxygens (including phenoxy) is 2. The highest BCUT2D eigenvalue weighted by atomic mass is 16.5. The summed E-state index contributed by atoms with van der Waals surface area (Å²) in [4.78, 5) is 17.5. The summed E-state index contributed by atoms with van der Waals surface area (Å²) in [5.41, 5.74) is 2.22. The number of hydrogen-bond acceptors (Lipinski definition) is 6. The van der Waals surface area contributed by atoms with Crippen molar-refractivity contribution in [3.8, 4) is 11.5 Å². The number of methoxy groups -OCH3 is 2. The first-order chi connectivity index (χ1) is 13.2. The molecule has 1 aromatic heterocycles. The van der Waals surface area contributed by atoms with Crippen LogP contribution in [0.2, 0.25) is 0 Å². The fourth-order valence-electron chi connectivity index (χ4n) is 4.30. The van der Waals surface area contributed by atoms with Crippen LogP contribution in [0.15, 0.2) is 21.3 Å². The van der Waals surface area contributed by atoms with Crippen LogP contribution >= 0.6 is 0 Å². The molecule has 2 aliphatic rings. The molecule has 0 radical (unpaired) electrons. The van der Waals surface area contributed by atoms with Crippen LogP contribution in [0.25, 0.3) is 11.0 Å². The lowest BCUT2D eigenvalue weighted by molar-refractivity contribution is 0.172. The number of nitrogens with zero attached hydrogens (tertiary/aromatic N) is 2. The lowest BCUT2D eigenvalue weighted by Crippen LogP contribution is -2.41. The normalized spacial score (nSPS) is 18.4. The molecule has 0 aliphatic carbocycles. The van der Waals surface area contributed by atoms with Gasteiger partial charge in [0.25, 0.3) is 0 Å². The van der Waals surface area contributed by atoms with Crippen molar-refractivity contribution in [3.63, 3.8) is 0 Å². The predicted molar refractivity (Wildman–Crippen MR) is 105 cm³/mol. The first kappa shape index (κ1) is 18.3. The minimum atomic E-state index is -0.229. The molecule has 146 valence electrons. The predicted octanol–water partition coefficient (Wildman–Crippen LogP) is 2.65. The molecular weight excluding hydrogens is 344 g/mol. The van der Waals surface area contributed by atoms with Crippen molar-refractivity contribution in [1.29, 1.82) is 0 Å². The van der Waals surface area contributed by atoms with Gasteiger partial charge in [0.15, 0.2) is 11.5 Å². The average molecular weight is 372 g/mol. The molecule has 0 saturated carbocycles. The Kier molecular flexibility index (Phi) is 5.36. The zero-order valence-corrected chi connectivity index (χ0v) is 16.3. The molecule has 2 aromatic rings. The Morgan fingerprint density at radius 2 is 1.63 bits per heavy atom. The van der Waals surface area contributed by atoms with Gasteiger partial charge in [0, 0.05) is 37.6 Å². The summed E-state index contributed by atoms with van der Waals surface area (Å²) in [5.74, 6) is 1.24. The third-order valence-electron chi connectivity index (χ3n) is 5.87. The molecule has 0 unspecified atom stereocenters. The molecule has 0 spiro atoms. The van der Waals surface area contributed by atoms with Crippen LogP contribution in [0.1, 0.15) is 30.4 Å².